The van der Waals surface area contributed by atoms with E-state index in [2.05, 4.69) is 13.8 Å². The molecule has 0 aliphatic heterocycles. The van der Waals surface area contributed by atoms with E-state index in [1.165, 1.54) is 21.3 Å². The van der Waals surface area contributed by atoms with Crippen LogP contribution in [0.5, 0.6) is 0 Å². The van der Waals surface area contributed by atoms with Gasteiger partial charge in [0.25, 0.3) is 10.1 Å². The third kappa shape index (κ3) is 16.7. The Balaban J connectivity index is 7.31. The molecule has 0 amide bonds. The molecule has 0 rings (SSSR count). The first-order valence-electron chi connectivity index (χ1n) is 18.0. The fourth-order valence-corrected chi connectivity index (χ4v) is 7.19. The first-order valence-corrected chi connectivity index (χ1v) is 19.5. The molecule has 3 unspecified atom stereocenters. The monoisotopic (exact) mass is 728 g/mol. The summed E-state index contributed by atoms with van der Waals surface area (Å²) < 4.78 is 80.4. The van der Waals surface area contributed by atoms with Crippen molar-refractivity contribution in [2.75, 3.05) is 94.0 Å². The molecule has 0 aliphatic rings. The van der Waals surface area contributed by atoms with Gasteiger partial charge < -0.3 is 37.9 Å². The molecule has 0 aromatic heterocycles. The van der Waals surface area contributed by atoms with E-state index in [0.717, 1.165) is 44.9 Å². The lowest BCUT2D eigenvalue weighted by atomic mass is 9.68. The SMILES string of the molecule is CCCCC(CC)COC(=O)C(CCOCCOC)(CCOCCOC)C(CCOCCOC)(C(=O)OCC(CC)CCCC)S(=O)(=O)O. The van der Waals surface area contributed by atoms with Crippen LogP contribution in [0.25, 0.3) is 0 Å². The maximum atomic E-state index is 14.6. The summed E-state index contributed by atoms with van der Waals surface area (Å²) in [7, 11) is -0.879. The summed E-state index contributed by atoms with van der Waals surface area (Å²) >= 11 is 0. The first kappa shape index (κ1) is 47.6. The Labute approximate surface area is 296 Å². The summed E-state index contributed by atoms with van der Waals surface area (Å²) in [4.78, 5) is 29.2. The number of carbonyl (C=O) groups excluding carboxylic acids is 2. The van der Waals surface area contributed by atoms with Gasteiger partial charge in [-0.2, -0.15) is 8.42 Å². The van der Waals surface area contributed by atoms with Crippen LogP contribution in [0.4, 0.5) is 0 Å². The second-order valence-corrected chi connectivity index (χ2v) is 14.1. The lowest BCUT2D eigenvalue weighted by Gasteiger charge is -2.45. The zero-order valence-corrected chi connectivity index (χ0v) is 32.3. The Morgan fingerprint density at radius 1 is 0.592 bits per heavy atom. The molecule has 0 aromatic carbocycles. The highest BCUT2D eigenvalue weighted by Crippen LogP contribution is 2.49. The zero-order valence-electron chi connectivity index (χ0n) is 31.5. The highest BCUT2D eigenvalue weighted by molar-refractivity contribution is 7.88. The van der Waals surface area contributed by atoms with Gasteiger partial charge in [0.05, 0.1) is 52.9 Å². The molecule has 3 atom stereocenters. The van der Waals surface area contributed by atoms with Gasteiger partial charge >= 0.3 is 11.9 Å². The Morgan fingerprint density at radius 3 is 1.33 bits per heavy atom. The van der Waals surface area contributed by atoms with Crippen molar-refractivity contribution >= 4 is 22.1 Å². The fraction of sp³-hybridized carbons (Fsp3) is 0.943. The molecule has 0 spiro atoms. The second-order valence-electron chi connectivity index (χ2n) is 12.5. The standard InChI is InChI=1S/C35H68O13S/c1-8-12-14-30(10-3)28-47-32(36)34(16-19-44-25-22-41-5,17-20-45-26-23-42-6)35(49(38,39)40,18-21-46-27-24-43-7)33(37)48-29-31(11-4)15-13-9-2/h30-31H,8-29H2,1-7H3,(H,38,39,40). The predicted octanol–water partition coefficient (Wildman–Crippen LogP) is 5.28. The van der Waals surface area contributed by atoms with Gasteiger partial charge in [-0.05, 0) is 37.5 Å². The Kier molecular flexibility index (Phi) is 27.4. The van der Waals surface area contributed by atoms with Crippen LogP contribution in [0.15, 0.2) is 0 Å². The quantitative estimate of drug-likeness (QED) is 0.0518. The second kappa shape index (κ2) is 28.2. The van der Waals surface area contributed by atoms with Crippen molar-refractivity contribution in [2.45, 2.75) is 103 Å². The largest absolute Gasteiger partial charge is 0.465 e. The number of carbonyl (C=O) groups is 2. The summed E-state index contributed by atoms with van der Waals surface area (Å²) in [6.07, 6.45) is 5.55. The summed E-state index contributed by atoms with van der Waals surface area (Å²) in [6.45, 7) is 8.55. The minimum absolute atomic E-state index is 0.0159. The van der Waals surface area contributed by atoms with E-state index in [9.17, 15) is 22.6 Å². The molecule has 1 N–H and O–H groups in total. The zero-order chi connectivity index (χ0) is 37.0. The van der Waals surface area contributed by atoms with Gasteiger partial charge in [-0.3, -0.25) is 14.1 Å². The Morgan fingerprint density at radius 2 is 0.980 bits per heavy atom. The Bertz CT molecular complexity index is 932. The topological polar surface area (TPSA) is 162 Å². The third-order valence-electron chi connectivity index (χ3n) is 9.16. The maximum absolute atomic E-state index is 14.6. The Hall–Kier alpha value is -1.39. The molecular formula is C35H68O13S. The normalized spacial score (nSPS) is 14.7. The summed E-state index contributed by atoms with van der Waals surface area (Å²) in [5.74, 6) is -2.20. The average Bonchev–Trinajstić information content (AvgIpc) is 3.08. The van der Waals surface area contributed by atoms with Crippen molar-refractivity contribution in [1.29, 1.82) is 0 Å². The van der Waals surface area contributed by atoms with Crippen molar-refractivity contribution in [3.05, 3.63) is 0 Å². The number of rotatable bonds is 34. The molecule has 0 saturated carbocycles. The number of ether oxygens (including phenoxy) is 8. The molecule has 292 valence electrons. The summed E-state index contributed by atoms with van der Waals surface area (Å²) in [6, 6.07) is 0. The van der Waals surface area contributed by atoms with Crippen molar-refractivity contribution < 1.29 is 60.5 Å². The molecular weight excluding hydrogens is 660 g/mol. The lowest BCUT2D eigenvalue weighted by Crippen LogP contribution is -2.65. The average molecular weight is 729 g/mol. The minimum Gasteiger partial charge on any atom is -0.465 e. The lowest BCUT2D eigenvalue weighted by molar-refractivity contribution is -0.174. The van der Waals surface area contributed by atoms with E-state index in [1.54, 1.807) is 0 Å². The van der Waals surface area contributed by atoms with Gasteiger partial charge in [-0.15, -0.1) is 0 Å². The molecule has 13 nitrogen and oxygen atoms in total. The molecule has 0 fully saturated rings. The van der Waals surface area contributed by atoms with E-state index in [1.807, 2.05) is 13.8 Å². The number of unbranched alkanes of at least 4 members (excludes halogenated alkanes) is 2. The molecule has 0 heterocycles. The number of hydrogen-bond donors (Lipinski definition) is 1. The van der Waals surface area contributed by atoms with Crippen molar-refractivity contribution in [3.8, 4) is 0 Å². The minimum atomic E-state index is -5.39. The third-order valence-corrected chi connectivity index (χ3v) is 10.8. The van der Waals surface area contributed by atoms with Gasteiger partial charge in [0.1, 0.15) is 5.41 Å². The van der Waals surface area contributed by atoms with Crippen LogP contribution >= 0.6 is 0 Å². The van der Waals surface area contributed by atoms with Crippen molar-refractivity contribution in [1.82, 2.24) is 0 Å². The van der Waals surface area contributed by atoms with Crippen LogP contribution in [0.2, 0.25) is 0 Å². The number of hydrogen-bond acceptors (Lipinski definition) is 12. The van der Waals surface area contributed by atoms with E-state index >= 15 is 0 Å². The molecule has 0 bridgehead atoms. The van der Waals surface area contributed by atoms with Gasteiger partial charge in [0, 0.05) is 47.6 Å². The van der Waals surface area contributed by atoms with E-state index in [-0.39, 0.29) is 97.4 Å². The van der Waals surface area contributed by atoms with Gasteiger partial charge in [0.2, 0.25) is 4.75 Å². The fourth-order valence-electron chi connectivity index (χ4n) is 5.80. The molecule has 0 aromatic rings. The van der Waals surface area contributed by atoms with Crippen LogP contribution in [0.3, 0.4) is 0 Å². The van der Waals surface area contributed by atoms with Crippen LogP contribution in [0.1, 0.15) is 98.3 Å². The van der Waals surface area contributed by atoms with Gasteiger partial charge in [-0.1, -0.05) is 66.2 Å². The van der Waals surface area contributed by atoms with Crippen LogP contribution in [-0.4, -0.2) is 124 Å². The summed E-state index contributed by atoms with van der Waals surface area (Å²) in [5.41, 5.74) is -2.18. The highest BCUT2D eigenvalue weighted by atomic mass is 32.2. The van der Waals surface area contributed by atoms with Crippen LogP contribution < -0.4 is 0 Å². The van der Waals surface area contributed by atoms with Crippen molar-refractivity contribution in [2.24, 2.45) is 17.3 Å². The smallest absolute Gasteiger partial charge is 0.331 e. The summed E-state index contributed by atoms with van der Waals surface area (Å²) in [5, 5.41) is 0. The molecule has 0 aliphatic carbocycles. The van der Waals surface area contributed by atoms with Crippen LogP contribution in [-0.2, 0) is 57.6 Å². The number of esters is 2. The first-order chi connectivity index (χ1) is 23.5. The van der Waals surface area contributed by atoms with Gasteiger partial charge in [0.15, 0.2) is 0 Å². The molecule has 0 saturated heterocycles. The number of methoxy groups -OCH3 is 3. The van der Waals surface area contributed by atoms with Crippen molar-refractivity contribution in [3.63, 3.8) is 0 Å². The van der Waals surface area contributed by atoms with E-state index in [0.29, 0.717) is 6.42 Å². The molecule has 0 radical (unpaired) electrons. The predicted molar refractivity (Wildman–Crippen MR) is 187 cm³/mol. The maximum Gasteiger partial charge on any atom is 0.331 e. The van der Waals surface area contributed by atoms with E-state index in [4.69, 9.17) is 37.9 Å². The van der Waals surface area contributed by atoms with Gasteiger partial charge in [-0.25, -0.2) is 0 Å². The van der Waals surface area contributed by atoms with E-state index < -0.39 is 38.6 Å². The van der Waals surface area contributed by atoms with Crippen LogP contribution in [0, 0.1) is 17.3 Å². The molecule has 49 heavy (non-hydrogen) atoms. The highest BCUT2D eigenvalue weighted by Gasteiger charge is 2.69. The molecule has 14 heteroatoms.